The van der Waals surface area contributed by atoms with Crippen LogP contribution < -0.4 is 15.4 Å². The highest BCUT2D eigenvalue weighted by Crippen LogP contribution is 2.19. The third-order valence-electron chi connectivity index (χ3n) is 3.30. The molecule has 0 radical (unpaired) electrons. The lowest BCUT2D eigenvalue weighted by atomic mass is 10.2. The Morgan fingerprint density at radius 1 is 1.24 bits per heavy atom. The quantitative estimate of drug-likeness (QED) is 0.725. The first-order valence-corrected chi connectivity index (χ1v) is 7.79. The van der Waals surface area contributed by atoms with E-state index in [-0.39, 0.29) is 6.54 Å². The number of ether oxygens (including phenoxy) is 1. The summed E-state index contributed by atoms with van der Waals surface area (Å²) in [4.78, 5) is 16.1. The highest BCUT2D eigenvalue weighted by Gasteiger charge is 2.10. The van der Waals surface area contributed by atoms with Gasteiger partial charge in [0.1, 0.15) is 5.75 Å². The topological polar surface area (TPSA) is 89.3 Å². The minimum absolute atomic E-state index is 0.107. The number of nitrogens with zero attached hydrogens (tertiary/aromatic N) is 2. The van der Waals surface area contributed by atoms with Gasteiger partial charge in [-0.25, -0.2) is 4.79 Å². The number of aromatic nitrogens is 2. The number of hydrogen-bond donors (Lipinski definition) is 2. The van der Waals surface area contributed by atoms with Gasteiger partial charge in [-0.2, -0.15) is 4.98 Å². The van der Waals surface area contributed by atoms with Crippen LogP contribution in [0.25, 0.3) is 11.4 Å². The monoisotopic (exact) mass is 358 g/mol. The molecule has 0 atom stereocenters. The Kier molecular flexibility index (Phi) is 5.15. The second kappa shape index (κ2) is 7.67. The van der Waals surface area contributed by atoms with Crippen LogP contribution in [0.5, 0.6) is 5.75 Å². The summed E-state index contributed by atoms with van der Waals surface area (Å²) >= 11 is 5.87. The lowest BCUT2D eigenvalue weighted by molar-refractivity contribution is 0.249. The van der Waals surface area contributed by atoms with Gasteiger partial charge >= 0.3 is 6.03 Å². The molecule has 0 saturated heterocycles. The summed E-state index contributed by atoms with van der Waals surface area (Å²) in [6.45, 7) is 0.107. The molecule has 0 fully saturated rings. The molecule has 0 aliphatic heterocycles. The minimum Gasteiger partial charge on any atom is -0.497 e. The lowest BCUT2D eigenvalue weighted by Gasteiger charge is -2.05. The average Bonchev–Trinajstić information content (AvgIpc) is 3.09. The Bertz CT molecular complexity index is 864. The third kappa shape index (κ3) is 4.48. The Balaban J connectivity index is 1.56. The normalized spacial score (nSPS) is 10.3. The predicted molar refractivity (Wildman–Crippen MR) is 93.6 cm³/mol. The number of hydrogen-bond acceptors (Lipinski definition) is 5. The zero-order valence-electron chi connectivity index (χ0n) is 13.3. The van der Waals surface area contributed by atoms with Crippen molar-refractivity contribution in [3.8, 4) is 17.1 Å². The molecule has 2 amide bonds. The number of methoxy groups -OCH3 is 1. The van der Waals surface area contributed by atoms with Crippen molar-refractivity contribution in [3.05, 3.63) is 59.4 Å². The van der Waals surface area contributed by atoms with Crippen molar-refractivity contribution in [1.29, 1.82) is 0 Å². The van der Waals surface area contributed by atoms with Gasteiger partial charge in [0.05, 0.1) is 13.7 Å². The van der Waals surface area contributed by atoms with Crippen LogP contribution >= 0.6 is 11.6 Å². The number of carbonyl (C=O) groups excluding carboxylic acids is 1. The highest BCUT2D eigenvalue weighted by molar-refractivity contribution is 6.30. The first kappa shape index (κ1) is 16.8. The molecule has 0 aliphatic carbocycles. The van der Waals surface area contributed by atoms with Gasteiger partial charge in [-0.05, 0) is 42.5 Å². The maximum Gasteiger partial charge on any atom is 0.319 e. The van der Waals surface area contributed by atoms with Crippen LogP contribution in [0.15, 0.2) is 53.1 Å². The van der Waals surface area contributed by atoms with Crippen LogP contribution in [-0.2, 0) is 6.54 Å². The van der Waals surface area contributed by atoms with E-state index < -0.39 is 6.03 Å². The van der Waals surface area contributed by atoms with E-state index in [1.165, 1.54) is 0 Å². The van der Waals surface area contributed by atoms with Gasteiger partial charge in [-0.1, -0.05) is 22.8 Å². The largest absolute Gasteiger partial charge is 0.497 e. The fraction of sp³-hybridized carbons (Fsp3) is 0.118. The molecule has 0 aliphatic rings. The number of urea groups is 1. The van der Waals surface area contributed by atoms with E-state index in [1.807, 2.05) is 24.3 Å². The second-order valence-corrected chi connectivity index (χ2v) is 5.49. The van der Waals surface area contributed by atoms with Crippen LogP contribution in [-0.4, -0.2) is 23.3 Å². The van der Waals surface area contributed by atoms with Gasteiger partial charge in [-0.15, -0.1) is 0 Å². The summed E-state index contributed by atoms with van der Waals surface area (Å²) in [6, 6.07) is 13.7. The van der Waals surface area contributed by atoms with E-state index >= 15 is 0 Å². The number of rotatable bonds is 5. The number of nitrogens with one attached hydrogen (secondary N) is 2. The van der Waals surface area contributed by atoms with Crippen LogP contribution in [0.3, 0.4) is 0 Å². The standard InChI is InChI=1S/C17H15ClN4O3/c1-24-14-7-5-11(6-8-14)16-21-15(25-22-16)10-19-17(23)20-13-4-2-3-12(18)9-13/h2-9H,10H2,1H3,(H2,19,20,23). The van der Waals surface area contributed by atoms with E-state index in [0.29, 0.717) is 22.4 Å². The molecule has 128 valence electrons. The summed E-state index contributed by atoms with van der Waals surface area (Å²) in [5, 5.41) is 9.75. The number of benzene rings is 2. The number of amides is 2. The van der Waals surface area contributed by atoms with Gasteiger partial charge in [0.2, 0.25) is 11.7 Å². The first-order chi connectivity index (χ1) is 12.1. The summed E-state index contributed by atoms with van der Waals surface area (Å²) in [5.41, 5.74) is 1.38. The van der Waals surface area contributed by atoms with Gasteiger partial charge in [0.25, 0.3) is 0 Å². The summed E-state index contributed by atoms with van der Waals surface area (Å²) in [6.07, 6.45) is 0. The predicted octanol–water partition coefficient (Wildman–Crippen LogP) is 3.72. The molecule has 0 saturated carbocycles. The zero-order valence-corrected chi connectivity index (χ0v) is 14.1. The smallest absolute Gasteiger partial charge is 0.319 e. The highest BCUT2D eigenvalue weighted by atomic mass is 35.5. The molecule has 2 aromatic carbocycles. The van der Waals surface area contributed by atoms with Gasteiger partial charge in [0, 0.05) is 16.3 Å². The van der Waals surface area contributed by atoms with Crippen molar-refractivity contribution in [3.63, 3.8) is 0 Å². The molecule has 2 N–H and O–H groups in total. The summed E-state index contributed by atoms with van der Waals surface area (Å²) in [5.74, 6) is 1.48. The molecule has 1 aromatic heterocycles. The maximum atomic E-state index is 11.9. The van der Waals surface area contributed by atoms with E-state index in [4.69, 9.17) is 20.9 Å². The summed E-state index contributed by atoms with van der Waals surface area (Å²) in [7, 11) is 1.60. The fourth-order valence-electron chi connectivity index (χ4n) is 2.08. The Morgan fingerprint density at radius 3 is 2.76 bits per heavy atom. The summed E-state index contributed by atoms with van der Waals surface area (Å²) < 4.78 is 10.2. The second-order valence-electron chi connectivity index (χ2n) is 5.06. The van der Waals surface area contributed by atoms with Crippen LogP contribution in [0.4, 0.5) is 10.5 Å². The Hall–Kier alpha value is -3.06. The van der Waals surface area contributed by atoms with E-state index in [2.05, 4.69) is 20.8 Å². The average molecular weight is 359 g/mol. The van der Waals surface area contributed by atoms with Crippen molar-refractivity contribution in [1.82, 2.24) is 15.5 Å². The third-order valence-corrected chi connectivity index (χ3v) is 3.53. The van der Waals surface area contributed by atoms with Crippen molar-refractivity contribution >= 4 is 23.3 Å². The molecule has 3 rings (SSSR count). The van der Waals surface area contributed by atoms with Crippen molar-refractivity contribution in [2.75, 3.05) is 12.4 Å². The number of anilines is 1. The molecular formula is C17H15ClN4O3. The fourth-order valence-corrected chi connectivity index (χ4v) is 2.27. The molecule has 1 heterocycles. The van der Waals surface area contributed by atoms with Crippen molar-refractivity contribution < 1.29 is 14.1 Å². The van der Waals surface area contributed by atoms with Gasteiger partial charge in [0.15, 0.2) is 0 Å². The van der Waals surface area contributed by atoms with Crippen LogP contribution in [0.2, 0.25) is 5.02 Å². The van der Waals surface area contributed by atoms with Crippen LogP contribution in [0.1, 0.15) is 5.89 Å². The number of carbonyl (C=O) groups is 1. The first-order valence-electron chi connectivity index (χ1n) is 7.41. The lowest BCUT2D eigenvalue weighted by Crippen LogP contribution is -2.28. The SMILES string of the molecule is COc1ccc(-c2noc(CNC(=O)Nc3cccc(Cl)c3)n2)cc1. The molecular weight excluding hydrogens is 344 g/mol. The van der Waals surface area contributed by atoms with Crippen LogP contribution in [0, 0.1) is 0 Å². The van der Waals surface area contributed by atoms with Crippen molar-refractivity contribution in [2.24, 2.45) is 0 Å². The molecule has 0 bridgehead atoms. The van der Waals surface area contributed by atoms with E-state index in [9.17, 15) is 4.79 Å². The Morgan fingerprint density at radius 2 is 2.04 bits per heavy atom. The zero-order chi connectivity index (χ0) is 17.6. The minimum atomic E-state index is -0.397. The molecule has 8 heteroatoms. The van der Waals surface area contributed by atoms with E-state index in [0.717, 1.165) is 11.3 Å². The molecule has 3 aromatic rings. The Labute approximate surface area is 149 Å². The molecule has 25 heavy (non-hydrogen) atoms. The number of halogens is 1. The molecule has 7 nitrogen and oxygen atoms in total. The van der Waals surface area contributed by atoms with Gasteiger partial charge in [-0.3, -0.25) is 0 Å². The van der Waals surface area contributed by atoms with Gasteiger partial charge < -0.3 is 19.9 Å². The molecule has 0 spiro atoms. The van der Waals surface area contributed by atoms with E-state index in [1.54, 1.807) is 31.4 Å². The maximum absolute atomic E-state index is 11.9. The van der Waals surface area contributed by atoms with Crippen molar-refractivity contribution in [2.45, 2.75) is 6.54 Å². The molecule has 0 unspecified atom stereocenters.